The Morgan fingerprint density at radius 1 is 1.50 bits per heavy atom. The van der Waals surface area contributed by atoms with Crippen molar-refractivity contribution >= 4 is 0 Å². The van der Waals surface area contributed by atoms with Gasteiger partial charge >= 0.3 is 0 Å². The van der Waals surface area contributed by atoms with Gasteiger partial charge in [-0.05, 0) is 18.1 Å². The molecule has 1 aliphatic heterocycles. The van der Waals surface area contributed by atoms with Crippen LogP contribution in [0, 0.1) is 0 Å². The van der Waals surface area contributed by atoms with Gasteiger partial charge in [0.05, 0.1) is 6.61 Å². The number of hydrogen-bond acceptors (Lipinski definition) is 4. The molecule has 1 aliphatic rings. The number of rotatable bonds is 7. The summed E-state index contributed by atoms with van der Waals surface area (Å²) in [6.07, 6.45) is 1.83. The Morgan fingerprint density at radius 2 is 2.33 bits per heavy atom. The predicted molar refractivity (Wildman–Crippen MR) is 69.9 cm³/mol. The third-order valence-electron chi connectivity index (χ3n) is 3.19. The first-order chi connectivity index (χ1) is 8.83. The molecule has 2 unspecified atom stereocenters. The van der Waals surface area contributed by atoms with E-state index in [9.17, 15) is 0 Å². The van der Waals surface area contributed by atoms with Crippen LogP contribution in [0.5, 0.6) is 5.75 Å². The number of benzene rings is 1. The third-order valence-corrected chi connectivity index (χ3v) is 3.19. The highest BCUT2D eigenvalue weighted by atomic mass is 16.5. The van der Waals surface area contributed by atoms with E-state index in [1.165, 1.54) is 5.56 Å². The van der Waals surface area contributed by atoms with Gasteiger partial charge in [0.1, 0.15) is 11.9 Å². The largest absolute Gasteiger partial charge is 0.488 e. The molecule has 0 aromatic heterocycles. The molecule has 1 aromatic carbocycles. The van der Waals surface area contributed by atoms with Crippen molar-refractivity contribution in [1.82, 2.24) is 5.32 Å². The molecular formula is C14H21NO3. The molecule has 1 heterocycles. The van der Waals surface area contributed by atoms with Crippen LogP contribution in [0.15, 0.2) is 24.3 Å². The van der Waals surface area contributed by atoms with Crippen molar-refractivity contribution in [2.24, 2.45) is 0 Å². The first-order valence-corrected chi connectivity index (χ1v) is 6.41. The van der Waals surface area contributed by atoms with Gasteiger partial charge in [-0.15, -0.1) is 0 Å². The molecule has 0 saturated heterocycles. The lowest BCUT2D eigenvalue weighted by molar-refractivity contribution is 0.138. The van der Waals surface area contributed by atoms with Gasteiger partial charge in [-0.3, -0.25) is 0 Å². The van der Waals surface area contributed by atoms with E-state index in [2.05, 4.69) is 11.4 Å². The minimum absolute atomic E-state index is 0.173. The number of hydrogen-bond donors (Lipinski definition) is 2. The molecule has 0 fully saturated rings. The molecule has 0 amide bonds. The Labute approximate surface area is 108 Å². The van der Waals surface area contributed by atoms with E-state index in [-0.39, 0.29) is 18.8 Å². The summed E-state index contributed by atoms with van der Waals surface area (Å²) in [5, 5.41) is 12.4. The Kier molecular flexibility index (Phi) is 4.99. The second-order valence-corrected chi connectivity index (χ2v) is 4.62. The molecule has 100 valence electrons. The number of para-hydroxylation sites is 1. The van der Waals surface area contributed by atoms with Crippen LogP contribution in [0.1, 0.15) is 12.0 Å². The van der Waals surface area contributed by atoms with Gasteiger partial charge in [-0.1, -0.05) is 18.2 Å². The highest BCUT2D eigenvalue weighted by Crippen LogP contribution is 2.27. The fourth-order valence-corrected chi connectivity index (χ4v) is 2.27. The normalized spacial score (nSPS) is 19.3. The minimum Gasteiger partial charge on any atom is -0.488 e. The Morgan fingerprint density at radius 3 is 3.06 bits per heavy atom. The van der Waals surface area contributed by atoms with Gasteiger partial charge in [0.25, 0.3) is 0 Å². The molecule has 1 aromatic rings. The molecule has 0 aliphatic carbocycles. The molecule has 4 heteroatoms. The molecule has 4 nitrogen and oxygen atoms in total. The van der Waals surface area contributed by atoms with Crippen molar-refractivity contribution < 1.29 is 14.6 Å². The summed E-state index contributed by atoms with van der Waals surface area (Å²) in [6.45, 7) is 1.57. The highest BCUT2D eigenvalue weighted by Gasteiger charge is 2.22. The minimum atomic E-state index is 0.173. The van der Waals surface area contributed by atoms with Gasteiger partial charge in [0.2, 0.25) is 0 Å². The van der Waals surface area contributed by atoms with Crippen LogP contribution >= 0.6 is 0 Å². The smallest absolute Gasteiger partial charge is 0.123 e. The molecular weight excluding hydrogens is 230 g/mol. The van der Waals surface area contributed by atoms with Crippen LogP contribution in [-0.4, -0.2) is 44.1 Å². The quantitative estimate of drug-likeness (QED) is 0.758. The van der Waals surface area contributed by atoms with Gasteiger partial charge in [-0.2, -0.15) is 0 Å². The van der Waals surface area contributed by atoms with Crippen molar-refractivity contribution in [2.75, 3.05) is 26.9 Å². The van der Waals surface area contributed by atoms with E-state index >= 15 is 0 Å². The fraction of sp³-hybridized carbons (Fsp3) is 0.571. The molecule has 0 spiro atoms. The van der Waals surface area contributed by atoms with Gasteiger partial charge in [-0.25, -0.2) is 0 Å². The maximum atomic E-state index is 8.97. The fourth-order valence-electron chi connectivity index (χ4n) is 2.27. The summed E-state index contributed by atoms with van der Waals surface area (Å²) in [7, 11) is 1.67. The number of nitrogens with one attached hydrogen (secondary N) is 1. The van der Waals surface area contributed by atoms with E-state index in [0.717, 1.165) is 18.7 Å². The molecule has 18 heavy (non-hydrogen) atoms. The van der Waals surface area contributed by atoms with E-state index < -0.39 is 0 Å². The zero-order valence-electron chi connectivity index (χ0n) is 10.8. The van der Waals surface area contributed by atoms with Crippen LogP contribution < -0.4 is 10.1 Å². The molecule has 2 atom stereocenters. The summed E-state index contributed by atoms with van der Waals surface area (Å²) in [5.74, 6) is 0.995. The summed E-state index contributed by atoms with van der Waals surface area (Å²) in [4.78, 5) is 0. The van der Waals surface area contributed by atoms with E-state index in [1.54, 1.807) is 7.11 Å². The lowest BCUT2D eigenvalue weighted by Gasteiger charge is -2.19. The zero-order chi connectivity index (χ0) is 12.8. The number of methoxy groups -OCH3 is 1. The Bertz CT molecular complexity index is 339. The Hall–Kier alpha value is -1.10. The van der Waals surface area contributed by atoms with Gasteiger partial charge in [0, 0.05) is 32.7 Å². The van der Waals surface area contributed by atoms with Gasteiger partial charge < -0.3 is 19.9 Å². The van der Waals surface area contributed by atoms with Crippen LogP contribution in [0.4, 0.5) is 0 Å². The molecule has 2 N–H and O–H groups in total. The van der Waals surface area contributed by atoms with Crippen molar-refractivity contribution in [2.45, 2.75) is 25.0 Å². The lowest BCUT2D eigenvalue weighted by Crippen LogP contribution is -2.40. The summed E-state index contributed by atoms with van der Waals surface area (Å²) in [5.41, 5.74) is 1.27. The van der Waals surface area contributed by atoms with Crippen molar-refractivity contribution in [3.8, 4) is 5.75 Å². The molecule has 0 bridgehead atoms. The van der Waals surface area contributed by atoms with Crippen LogP contribution in [0.2, 0.25) is 0 Å². The number of aliphatic hydroxyl groups is 1. The maximum Gasteiger partial charge on any atom is 0.123 e. The van der Waals surface area contributed by atoms with Crippen LogP contribution in [0.3, 0.4) is 0 Å². The maximum absolute atomic E-state index is 8.97. The average molecular weight is 251 g/mol. The predicted octanol–water partition coefficient (Wildman–Crippen LogP) is 0.977. The van der Waals surface area contributed by atoms with Crippen molar-refractivity contribution in [3.63, 3.8) is 0 Å². The highest BCUT2D eigenvalue weighted by molar-refractivity contribution is 5.37. The van der Waals surface area contributed by atoms with Crippen LogP contribution in [-0.2, 0) is 11.2 Å². The van der Waals surface area contributed by atoms with Gasteiger partial charge in [0.15, 0.2) is 0 Å². The van der Waals surface area contributed by atoms with E-state index in [1.807, 2.05) is 18.2 Å². The average Bonchev–Trinajstić information content (AvgIpc) is 2.79. The van der Waals surface area contributed by atoms with E-state index in [4.69, 9.17) is 14.6 Å². The zero-order valence-corrected chi connectivity index (χ0v) is 10.8. The first-order valence-electron chi connectivity index (χ1n) is 6.41. The van der Waals surface area contributed by atoms with Crippen molar-refractivity contribution in [1.29, 1.82) is 0 Å². The SMILES string of the molecule is COCC(CCO)NCC1Cc2ccccc2O1. The summed E-state index contributed by atoms with van der Waals surface area (Å²) < 4.78 is 11.0. The number of ether oxygens (including phenoxy) is 2. The second kappa shape index (κ2) is 6.73. The second-order valence-electron chi connectivity index (χ2n) is 4.62. The lowest BCUT2D eigenvalue weighted by atomic mass is 10.1. The monoisotopic (exact) mass is 251 g/mol. The van der Waals surface area contributed by atoms with Crippen molar-refractivity contribution in [3.05, 3.63) is 29.8 Å². The summed E-state index contributed by atoms with van der Waals surface area (Å²) >= 11 is 0. The van der Waals surface area contributed by atoms with E-state index in [0.29, 0.717) is 13.0 Å². The molecule has 2 rings (SSSR count). The number of fused-ring (bicyclic) bond motifs is 1. The molecule has 0 radical (unpaired) electrons. The summed E-state index contributed by atoms with van der Waals surface area (Å²) in [6, 6.07) is 8.34. The number of aliphatic hydroxyl groups excluding tert-OH is 1. The third kappa shape index (κ3) is 3.45. The van der Waals surface area contributed by atoms with Crippen LogP contribution in [0.25, 0.3) is 0 Å². The standard InChI is InChI=1S/C14H21NO3/c1-17-10-12(6-7-16)15-9-13-8-11-4-2-3-5-14(11)18-13/h2-5,12-13,15-16H,6-10H2,1H3. The molecule has 0 saturated carbocycles. The Balaban J connectivity index is 1.78. The first kappa shape index (κ1) is 13.3. The topological polar surface area (TPSA) is 50.7 Å².